The second-order valence-electron chi connectivity index (χ2n) is 2.42. The highest BCUT2D eigenvalue weighted by Gasteiger charge is 2.29. The summed E-state index contributed by atoms with van der Waals surface area (Å²) in [5, 5.41) is 2.07. The minimum atomic E-state index is 0.282. The lowest BCUT2D eigenvalue weighted by molar-refractivity contribution is 0.0659. The zero-order valence-corrected chi connectivity index (χ0v) is 5.42. The van der Waals surface area contributed by atoms with Gasteiger partial charge in [0.2, 0.25) is 0 Å². The molecule has 2 aliphatic rings. The number of nitrogens with zero attached hydrogens (tertiary/aromatic N) is 1. The van der Waals surface area contributed by atoms with E-state index in [4.69, 9.17) is 4.74 Å². The minimum Gasteiger partial charge on any atom is -0.475 e. The van der Waals surface area contributed by atoms with Crippen LogP contribution in [0.15, 0.2) is 12.0 Å². The monoisotopic (exact) mass is 126 g/mol. The summed E-state index contributed by atoms with van der Waals surface area (Å²) in [6.07, 6.45) is 3.18. The van der Waals surface area contributed by atoms with E-state index >= 15 is 0 Å². The van der Waals surface area contributed by atoms with Gasteiger partial charge in [-0.3, -0.25) is 5.01 Å². The molecule has 9 heavy (non-hydrogen) atoms. The molecule has 0 aromatic heterocycles. The normalized spacial score (nSPS) is 31.9. The predicted octanol–water partition coefficient (Wildman–Crippen LogP) is 0.414. The first-order valence-electron chi connectivity index (χ1n) is 3.23. The van der Waals surface area contributed by atoms with Gasteiger partial charge in [0.05, 0.1) is 5.70 Å². The maximum atomic E-state index is 5.29. The summed E-state index contributed by atoms with van der Waals surface area (Å²) in [5.41, 5.74) is 4.39. The van der Waals surface area contributed by atoms with Crippen molar-refractivity contribution in [3.8, 4) is 0 Å². The van der Waals surface area contributed by atoms with Crippen LogP contribution in [0.2, 0.25) is 0 Å². The van der Waals surface area contributed by atoms with Gasteiger partial charge in [-0.25, -0.2) is 5.43 Å². The number of allylic oxidation sites excluding steroid dienone is 1. The fourth-order valence-corrected chi connectivity index (χ4v) is 1.25. The van der Waals surface area contributed by atoms with Gasteiger partial charge in [-0.15, -0.1) is 0 Å². The number of rotatable bonds is 0. The van der Waals surface area contributed by atoms with Crippen molar-refractivity contribution in [2.24, 2.45) is 0 Å². The van der Waals surface area contributed by atoms with E-state index in [1.54, 1.807) is 6.26 Å². The molecule has 0 aromatic rings. The molecule has 0 amide bonds. The highest BCUT2D eigenvalue weighted by molar-refractivity contribution is 5.00. The van der Waals surface area contributed by atoms with Crippen LogP contribution in [0.1, 0.15) is 13.3 Å². The van der Waals surface area contributed by atoms with Crippen LogP contribution in [0, 0.1) is 0 Å². The van der Waals surface area contributed by atoms with Crippen molar-refractivity contribution in [1.82, 2.24) is 10.4 Å². The zero-order chi connectivity index (χ0) is 6.27. The van der Waals surface area contributed by atoms with Gasteiger partial charge < -0.3 is 4.74 Å². The van der Waals surface area contributed by atoms with Crippen molar-refractivity contribution in [3.05, 3.63) is 12.0 Å². The van der Waals surface area contributed by atoms with E-state index in [9.17, 15) is 0 Å². The smallest absolute Gasteiger partial charge is 0.185 e. The molecule has 1 N–H and O–H groups in total. The van der Waals surface area contributed by atoms with Crippen LogP contribution in [0.25, 0.3) is 0 Å². The molecule has 2 heterocycles. The van der Waals surface area contributed by atoms with E-state index in [0.717, 1.165) is 13.0 Å². The lowest BCUT2D eigenvalue weighted by Crippen LogP contribution is -2.31. The molecule has 3 nitrogen and oxygen atoms in total. The van der Waals surface area contributed by atoms with Crippen LogP contribution in [0.4, 0.5) is 0 Å². The molecule has 0 spiro atoms. The summed E-state index contributed by atoms with van der Waals surface area (Å²) in [5.74, 6) is 0. The summed E-state index contributed by atoms with van der Waals surface area (Å²) < 4.78 is 5.29. The van der Waals surface area contributed by atoms with Crippen LogP contribution >= 0.6 is 0 Å². The third kappa shape index (κ3) is 0.612. The topological polar surface area (TPSA) is 24.5 Å². The van der Waals surface area contributed by atoms with Crippen LogP contribution in [0.3, 0.4) is 0 Å². The Morgan fingerprint density at radius 1 is 1.89 bits per heavy atom. The molecule has 0 aliphatic carbocycles. The molecule has 1 unspecified atom stereocenters. The third-order valence-corrected chi connectivity index (χ3v) is 1.74. The maximum absolute atomic E-state index is 5.29. The van der Waals surface area contributed by atoms with Gasteiger partial charge in [0, 0.05) is 13.0 Å². The number of hydrazine groups is 1. The Bertz CT molecular complexity index is 155. The minimum absolute atomic E-state index is 0.282. The van der Waals surface area contributed by atoms with Gasteiger partial charge in [0.1, 0.15) is 6.26 Å². The molecule has 0 radical (unpaired) electrons. The Kier molecular flexibility index (Phi) is 0.931. The predicted molar refractivity (Wildman–Crippen MR) is 33.1 cm³/mol. The Labute approximate surface area is 54.3 Å². The lowest BCUT2D eigenvalue weighted by atomic mass is 10.4. The first kappa shape index (κ1) is 5.11. The molecule has 1 fully saturated rings. The SMILES string of the molecule is CC1=COC2CCNN12. The van der Waals surface area contributed by atoms with Crippen LogP contribution in [-0.2, 0) is 4.74 Å². The van der Waals surface area contributed by atoms with Gasteiger partial charge in [-0.05, 0) is 6.92 Å². The fourth-order valence-electron chi connectivity index (χ4n) is 1.25. The van der Waals surface area contributed by atoms with Gasteiger partial charge in [-0.1, -0.05) is 0 Å². The quantitative estimate of drug-likeness (QED) is 0.509. The second kappa shape index (κ2) is 1.64. The Balaban J connectivity index is 2.16. The average molecular weight is 126 g/mol. The molecule has 2 rings (SSSR count). The van der Waals surface area contributed by atoms with E-state index in [-0.39, 0.29) is 6.23 Å². The van der Waals surface area contributed by atoms with Gasteiger partial charge in [-0.2, -0.15) is 0 Å². The van der Waals surface area contributed by atoms with Crippen molar-refractivity contribution >= 4 is 0 Å². The summed E-state index contributed by atoms with van der Waals surface area (Å²) >= 11 is 0. The van der Waals surface area contributed by atoms with Crippen molar-refractivity contribution in [1.29, 1.82) is 0 Å². The maximum Gasteiger partial charge on any atom is 0.185 e. The van der Waals surface area contributed by atoms with E-state index in [2.05, 4.69) is 10.4 Å². The molecule has 0 saturated carbocycles. The number of hydrogen-bond donors (Lipinski definition) is 1. The zero-order valence-electron chi connectivity index (χ0n) is 5.42. The summed E-state index contributed by atoms with van der Waals surface area (Å²) in [4.78, 5) is 0. The van der Waals surface area contributed by atoms with Crippen molar-refractivity contribution in [2.75, 3.05) is 6.54 Å². The van der Waals surface area contributed by atoms with E-state index in [0.29, 0.717) is 0 Å². The first-order valence-corrected chi connectivity index (χ1v) is 3.23. The fraction of sp³-hybridized carbons (Fsp3) is 0.667. The van der Waals surface area contributed by atoms with Gasteiger partial charge in [0.25, 0.3) is 0 Å². The van der Waals surface area contributed by atoms with Crippen molar-refractivity contribution < 1.29 is 4.74 Å². The number of hydrogen-bond acceptors (Lipinski definition) is 3. The lowest BCUT2D eigenvalue weighted by Gasteiger charge is -2.16. The summed E-state index contributed by atoms with van der Waals surface area (Å²) in [6, 6.07) is 0. The standard InChI is InChI=1S/C6H10N2O/c1-5-4-9-6-2-3-7-8(5)6/h4,6-7H,2-3H2,1H3. The van der Waals surface area contributed by atoms with Gasteiger partial charge >= 0.3 is 0 Å². The molecular formula is C6H10N2O. The molecule has 2 aliphatic heterocycles. The van der Waals surface area contributed by atoms with E-state index in [1.807, 2.05) is 6.92 Å². The molecule has 1 saturated heterocycles. The third-order valence-electron chi connectivity index (χ3n) is 1.74. The Morgan fingerprint density at radius 2 is 2.78 bits per heavy atom. The molecule has 1 atom stereocenters. The molecule has 3 heteroatoms. The van der Waals surface area contributed by atoms with E-state index < -0.39 is 0 Å². The largest absolute Gasteiger partial charge is 0.475 e. The Hall–Kier alpha value is -0.700. The first-order chi connectivity index (χ1) is 4.38. The number of nitrogens with one attached hydrogen (secondary N) is 1. The highest BCUT2D eigenvalue weighted by atomic mass is 16.5. The number of fused-ring (bicyclic) bond motifs is 1. The second-order valence-corrected chi connectivity index (χ2v) is 2.42. The number of ether oxygens (including phenoxy) is 1. The molecule has 0 aromatic carbocycles. The van der Waals surface area contributed by atoms with Crippen molar-refractivity contribution in [2.45, 2.75) is 19.6 Å². The van der Waals surface area contributed by atoms with Crippen LogP contribution < -0.4 is 5.43 Å². The van der Waals surface area contributed by atoms with Crippen LogP contribution in [-0.4, -0.2) is 17.8 Å². The van der Waals surface area contributed by atoms with E-state index in [1.165, 1.54) is 5.70 Å². The van der Waals surface area contributed by atoms with Gasteiger partial charge in [0.15, 0.2) is 6.23 Å². The highest BCUT2D eigenvalue weighted by Crippen LogP contribution is 2.22. The molecular weight excluding hydrogens is 116 g/mol. The summed E-state index contributed by atoms with van der Waals surface area (Å²) in [7, 11) is 0. The Morgan fingerprint density at radius 3 is 3.56 bits per heavy atom. The molecule has 0 bridgehead atoms. The molecule has 50 valence electrons. The average Bonchev–Trinajstić information content (AvgIpc) is 2.35. The van der Waals surface area contributed by atoms with Crippen LogP contribution in [0.5, 0.6) is 0 Å². The van der Waals surface area contributed by atoms with Crippen molar-refractivity contribution in [3.63, 3.8) is 0 Å². The summed E-state index contributed by atoms with van der Waals surface area (Å²) in [6.45, 7) is 3.08.